The molecule has 8 aromatic rings. The Balaban J connectivity index is 0.716. The van der Waals surface area contributed by atoms with Gasteiger partial charge in [0.15, 0.2) is 0 Å². The summed E-state index contributed by atoms with van der Waals surface area (Å²) in [6, 6.07) is 29.6. The average molecular weight is 1420 g/mol. The SMILES string of the molecule is N#CC(C#N)=Nc1ccc(C2=CC3=C(c4sc5c(sc6cc(-c7ccc(N=C(C#N)C#N)s7)sc65)c4C34CCCCC4)C23CCC(C2CCC4(CC2)C2=C(c5sc6c(sc7cc(C8=CC(=C(C#N)C#N)CCC8)sc76)c54)C4(CCCCC4)C(C4=CC(=C(C#N)C#N)CCC4)=C2)CC3)s1. The molecule has 0 N–H and O–H groups in total. The van der Waals surface area contributed by atoms with Gasteiger partial charge in [0.05, 0.1) is 28.2 Å². The third-order valence-corrected chi connectivity index (χ3v) is 34.3. The Labute approximate surface area is 600 Å². The lowest BCUT2D eigenvalue weighted by molar-refractivity contribution is 0.142. The lowest BCUT2D eigenvalue weighted by atomic mass is 9.58. The number of nitriles is 8. The van der Waals surface area contributed by atoms with Gasteiger partial charge in [0.2, 0.25) is 11.4 Å². The maximum Gasteiger partial charge on any atom is 0.219 e. The van der Waals surface area contributed by atoms with Crippen LogP contribution in [-0.4, -0.2) is 11.4 Å². The number of aliphatic imine (C=N–C) groups is 2. The molecule has 98 heavy (non-hydrogen) atoms. The predicted octanol–water partition coefficient (Wildman–Crippen LogP) is 24.1. The molecular weight excluding hydrogens is 1360 g/mol. The fourth-order valence-electron chi connectivity index (χ4n) is 20.0. The molecule has 0 bridgehead atoms. The molecule has 8 heterocycles. The van der Waals surface area contributed by atoms with Gasteiger partial charge >= 0.3 is 0 Å². The van der Waals surface area contributed by atoms with Crippen LogP contribution in [0.2, 0.25) is 0 Å². The van der Waals surface area contributed by atoms with Crippen LogP contribution in [0.5, 0.6) is 0 Å². The standard InChI is InChI=1S/C80H60N10S8/c81-35-49(36-82)45-9-7-11-47(29-45)53-31-55-65(77(53)21-3-1-4-22-77)71-68(74-75(97-71)69-61(95-74)33-59(93-69)48-12-8-10-46(30-48)50(37-83)38-84)80(55)27-19-44(20-28-80)43-17-25-79(26-18-43)54(57-13-15-63(91-57)89-51(39-85)40-86)32-56-66(79)72-67(78(56)23-5-2-6-24-78)73-76(98-72)70-62(96-73)34-60(94-70)58-14-16-64(92-58)90-52(41-87)42-88/h13-16,29-34,43-44H,1-12,17-28H2. The van der Waals surface area contributed by atoms with Crippen LogP contribution in [0.1, 0.15) is 185 Å². The van der Waals surface area contributed by atoms with Crippen molar-refractivity contribution < 1.29 is 0 Å². The van der Waals surface area contributed by atoms with E-state index in [0.29, 0.717) is 21.8 Å². The maximum atomic E-state index is 10.2. The summed E-state index contributed by atoms with van der Waals surface area (Å²) in [6.07, 6.45) is 35.7. The van der Waals surface area contributed by atoms with Crippen LogP contribution >= 0.6 is 90.7 Å². The lowest BCUT2D eigenvalue weighted by Gasteiger charge is -2.46. The van der Waals surface area contributed by atoms with E-state index in [4.69, 9.17) is 0 Å². The van der Waals surface area contributed by atoms with Crippen LogP contribution in [0, 0.1) is 113 Å². The molecule has 0 radical (unpaired) electrons. The van der Waals surface area contributed by atoms with Gasteiger partial charge in [-0.2, -0.15) is 42.1 Å². The van der Waals surface area contributed by atoms with E-state index in [0.717, 1.165) is 119 Å². The highest BCUT2D eigenvalue weighted by Crippen LogP contribution is 2.75. The third kappa shape index (κ3) is 9.09. The number of hydrogen-bond donors (Lipinski definition) is 0. The first-order chi connectivity index (χ1) is 48.0. The van der Waals surface area contributed by atoms with E-state index in [2.05, 4.69) is 94.2 Å². The molecule has 10 aliphatic rings. The van der Waals surface area contributed by atoms with Crippen LogP contribution in [0.25, 0.3) is 69.6 Å². The molecule has 478 valence electrons. The van der Waals surface area contributed by atoms with Crippen molar-refractivity contribution in [3.8, 4) is 58.3 Å². The minimum Gasteiger partial charge on any atom is -0.216 e. The van der Waals surface area contributed by atoms with Gasteiger partial charge in [0, 0.05) is 60.3 Å². The normalized spacial score (nSPS) is 24.0. The minimum atomic E-state index is -0.205. The highest BCUT2D eigenvalue weighted by molar-refractivity contribution is 7.41. The van der Waals surface area contributed by atoms with Crippen molar-refractivity contribution in [1.82, 2.24) is 0 Å². The molecule has 18 rings (SSSR count). The highest BCUT2D eigenvalue weighted by atomic mass is 32.1. The van der Waals surface area contributed by atoms with Crippen LogP contribution in [-0.2, 0) is 10.8 Å². The van der Waals surface area contributed by atoms with E-state index in [1.165, 1.54) is 147 Å². The largest absolute Gasteiger partial charge is 0.219 e. The van der Waals surface area contributed by atoms with Crippen molar-refractivity contribution in [3.63, 3.8) is 0 Å². The average Bonchev–Trinajstić information content (AvgIpc) is 1.50. The van der Waals surface area contributed by atoms with Gasteiger partial charge in [-0.3, -0.25) is 0 Å². The molecule has 0 aromatic carbocycles. The second-order valence-corrected chi connectivity index (χ2v) is 36.9. The fraction of sp³-hybridized carbons (Fsp3) is 0.375. The van der Waals surface area contributed by atoms with Crippen LogP contribution in [0.4, 0.5) is 10.0 Å². The van der Waals surface area contributed by atoms with Crippen molar-refractivity contribution in [2.45, 2.75) is 165 Å². The van der Waals surface area contributed by atoms with Crippen molar-refractivity contribution in [2.75, 3.05) is 0 Å². The van der Waals surface area contributed by atoms with Crippen LogP contribution in [0.15, 0.2) is 115 Å². The molecule has 8 aromatic heterocycles. The molecule has 0 amide bonds. The summed E-state index contributed by atoms with van der Waals surface area (Å²) < 4.78 is 11.1. The zero-order valence-corrected chi connectivity index (χ0v) is 60.2. The number of allylic oxidation sites excluding steroid dienone is 16. The molecule has 18 heteroatoms. The molecule has 4 spiro atoms. The van der Waals surface area contributed by atoms with Gasteiger partial charge in [0.25, 0.3) is 0 Å². The van der Waals surface area contributed by atoms with Crippen molar-refractivity contribution in [1.29, 1.82) is 42.1 Å². The van der Waals surface area contributed by atoms with Crippen molar-refractivity contribution in [3.05, 3.63) is 136 Å². The summed E-state index contributed by atoms with van der Waals surface area (Å²) in [6.45, 7) is 0. The zero-order valence-electron chi connectivity index (χ0n) is 53.6. The van der Waals surface area contributed by atoms with E-state index < -0.39 is 0 Å². The van der Waals surface area contributed by atoms with Crippen LogP contribution in [0.3, 0.4) is 0 Å². The van der Waals surface area contributed by atoms with E-state index >= 15 is 0 Å². The van der Waals surface area contributed by atoms with E-state index in [1.54, 1.807) is 44.8 Å². The van der Waals surface area contributed by atoms with E-state index in [-0.39, 0.29) is 44.2 Å². The monoisotopic (exact) mass is 1420 g/mol. The van der Waals surface area contributed by atoms with Crippen LogP contribution < -0.4 is 0 Å². The van der Waals surface area contributed by atoms with Gasteiger partial charge in [-0.25, -0.2) is 9.98 Å². The Morgan fingerprint density at radius 3 is 1.34 bits per heavy atom. The second-order valence-electron chi connectivity index (χ2n) is 28.5. The second kappa shape index (κ2) is 23.8. The molecule has 0 unspecified atom stereocenters. The lowest BCUT2D eigenvalue weighted by Crippen LogP contribution is -2.36. The van der Waals surface area contributed by atoms with E-state index in [1.807, 2.05) is 93.1 Å². The molecule has 4 fully saturated rings. The Kier molecular flexibility index (Phi) is 15.1. The quantitative estimate of drug-likeness (QED) is 0.110. The summed E-state index contributed by atoms with van der Waals surface area (Å²) in [4.78, 5) is 16.6. The van der Waals surface area contributed by atoms with Crippen molar-refractivity contribution >= 4 is 172 Å². The van der Waals surface area contributed by atoms with Crippen molar-refractivity contribution in [2.24, 2.45) is 32.7 Å². The summed E-state index contributed by atoms with van der Waals surface area (Å²) >= 11 is 15.0. The molecule has 0 atom stereocenters. The van der Waals surface area contributed by atoms with E-state index in [9.17, 15) is 42.1 Å². The number of fused-ring (bicyclic) bond motifs is 18. The fourth-order valence-corrected chi connectivity index (χ4v) is 31.2. The summed E-state index contributed by atoms with van der Waals surface area (Å²) in [7, 11) is 0. The molecule has 0 saturated heterocycles. The minimum absolute atomic E-state index is 0.0718. The maximum absolute atomic E-state index is 10.2. The molecule has 4 saturated carbocycles. The first-order valence-electron chi connectivity index (χ1n) is 34.4. The summed E-state index contributed by atoms with van der Waals surface area (Å²) in [5, 5.41) is 80.0. The highest BCUT2D eigenvalue weighted by Gasteiger charge is 2.61. The third-order valence-electron chi connectivity index (χ3n) is 24.1. The molecule has 10 nitrogen and oxygen atoms in total. The Bertz CT molecular complexity index is 5540. The van der Waals surface area contributed by atoms with Gasteiger partial charge in [-0.15, -0.1) is 90.7 Å². The number of thiophene rings is 8. The number of nitrogens with zero attached hydrogens (tertiary/aromatic N) is 10. The Morgan fingerprint density at radius 1 is 0.367 bits per heavy atom. The summed E-state index contributed by atoms with van der Waals surface area (Å²) in [5.74, 6) is 1.16. The van der Waals surface area contributed by atoms with Gasteiger partial charge in [0.1, 0.15) is 69.7 Å². The molecular formula is C80H60N10S8. The first kappa shape index (κ1) is 62.1. The topological polar surface area (TPSA) is 215 Å². The predicted molar refractivity (Wildman–Crippen MR) is 403 cm³/mol. The Morgan fingerprint density at radius 2 is 0.806 bits per heavy atom. The van der Waals surface area contributed by atoms with Gasteiger partial charge < -0.3 is 0 Å². The smallest absolute Gasteiger partial charge is 0.216 e. The zero-order chi connectivity index (χ0) is 66.4. The van der Waals surface area contributed by atoms with Gasteiger partial charge in [-0.05, 0) is 231 Å². The van der Waals surface area contributed by atoms with Gasteiger partial charge in [-0.1, -0.05) is 62.8 Å². The molecule has 10 aliphatic carbocycles. The Hall–Kier alpha value is -8.18. The number of hydrogen-bond acceptors (Lipinski definition) is 18. The first-order valence-corrected chi connectivity index (χ1v) is 41.0. The molecule has 0 aliphatic heterocycles. The number of rotatable bonds is 7. The summed E-state index contributed by atoms with van der Waals surface area (Å²) in [5.41, 5.74) is 16.4.